The Bertz CT molecular complexity index is 354. The highest BCUT2D eigenvalue weighted by Gasteiger charge is 2.22. The molecule has 1 rings (SSSR count). The molecule has 1 saturated carbocycles. The van der Waals surface area contributed by atoms with Crippen LogP contribution in [0, 0.1) is 5.92 Å². The second-order valence-corrected chi connectivity index (χ2v) is 5.99. The Morgan fingerprint density at radius 3 is 2.55 bits per heavy atom. The zero-order valence-electron chi connectivity index (χ0n) is 14.4. The van der Waals surface area contributed by atoms with Gasteiger partial charge in [-0.2, -0.15) is 0 Å². The average molecular weight is 312 g/mol. The van der Waals surface area contributed by atoms with Crippen LogP contribution in [0.3, 0.4) is 0 Å². The highest BCUT2D eigenvalue weighted by atomic mass is 16.5. The maximum atomic E-state index is 11.7. The molecule has 0 spiro atoms. The van der Waals surface area contributed by atoms with Gasteiger partial charge >= 0.3 is 0 Å². The molecule has 1 amide bonds. The molecule has 0 aromatic heterocycles. The van der Waals surface area contributed by atoms with Gasteiger partial charge in [0.1, 0.15) is 6.54 Å². The molecule has 3 N–H and O–H groups in total. The van der Waals surface area contributed by atoms with E-state index in [1.807, 2.05) is 13.8 Å². The third-order valence-corrected chi connectivity index (χ3v) is 3.51. The van der Waals surface area contributed by atoms with Crippen LogP contribution in [-0.2, 0) is 9.53 Å². The van der Waals surface area contributed by atoms with E-state index < -0.39 is 0 Å². The number of nitrogens with zero attached hydrogens (tertiary/aromatic N) is 1. The first-order valence-electron chi connectivity index (χ1n) is 8.49. The van der Waals surface area contributed by atoms with Crippen LogP contribution in [0.4, 0.5) is 0 Å². The number of rotatable bonds is 10. The van der Waals surface area contributed by atoms with Gasteiger partial charge in [0.15, 0.2) is 5.96 Å². The van der Waals surface area contributed by atoms with Crippen LogP contribution in [0.1, 0.15) is 47.0 Å². The third kappa shape index (κ3) is 8.22. The molecule has 6 heteroatoms. The van der Waals surface area contributed by atoms with E-state index in [-0.39, 0.29) is 18.6 Å². The Labute approximate surface area is 134 Å². The number of carbonyl (C=O) groups excluding carboxylic acids is 1. The maximum Gasteiger partial charge on any atom is 0.242 e. The smallest absolute Gasteiger partial charge is 0.242 e. The van der Waals surface area contributed by atoms with Crippen molar-refractivity contribution < 1.29 is 9.53 Å². The van der Waals surface area contributed by atoms with E-state index in [2.05, 4.69) is 34.8 Å². The van der Waals surface area contributed by atoms with Crippen molar-refractivity contribution in [2.24, 2.45) is 10.9 Å². The predicted octanol–water partition coefficient (Wildman–Crippen LogP) is 1.27. The van der Waals surface area contributed by atoms with Crippen LogP contribution in [0.2, 0.25) is 0 Å². The third-order valence-electron chi connectivity index (χ3n) is 3.51. The number of hydrogen-bond acceptors (Lipinski definition) is 3. The van der Waals surface area contributed by atoms with Gasteiger partial charge < -0.3 is 20.7 Å². The van der Waals surface area contributed by atoms with Gasteiger partial charge in [0.05, 0.1) is 6.10 Å². The fourth-order valence-electron chi connectivity index (χ4n) is 2.15. The van der Waals surface area contributed by atoms with Crippen LogP contribution in [0.25, 0.3) is 0 Å². The summed E-state index contributed by atoms with van der Waals surface area (Å²) < 4.78 is 5.73. The molecule has 0 bridgehead atoms. The van der Waals surface area contributed by atoms with E-state index in [0.29, 0.717) is 17.9 Å². The minimum absolute atomic E-state index is 0.00548. The molecule has 0 saturated heterocycles. The standard InChI is InChI=1S/C16H32N4O2/c1-5-17-16(19-11-15(21)20-13-7-8-13)18-10-9-14(12(3)4)22-6-2/h12-14H,5-11H2,1-4H3,(H,20,21)(H2,17,18,19). The van der Waals surface area contributed by atoms with E-state index in [4.69, 9.17) is 4.74 Å². The van der Waals surface area contributed by atoms with Crippen molar-refractivity contribution in [1.29, 1.82) is 0 Å². The summed E-state index contributed by atoms with van der Waals surface area (Å²) in [5, 5.41) is 9.36. The molecule has 0 aromatic carbocycles. The topological polar surface area (TPSA) is 74.8 Å². The van der Waals surface area contributed by atoms with Crippen molar-refractivity contribution in [3.8, 4) is 0 Å². The molecule has 128 valence electrons. The SMILES string of the molecule is CCNC(=NCC(=O)NC1CC1)NCCC(OCC)C(C)C. The Morgan fingerprint density at radius 1 is 1.27 bits per heavy atom. The Hall–Kier alpha value is -1.30. The summed E-state index contributed by atoms with van der Waals surface area (Å²) in [5.41, 5.74) is 0. The highest BCUT2D eigenvalue weighted by molar-refractivity contribution is 5.85. The summed E-state index contributed by atoms with van der Waals surface area (Å²) in [4.78, 5) is 16.0. The van der Waals surface area contributed by atoms with Crippen molar-refractivity contribution in [2.45, 2.75) is 59.1 Å². The van der Waals surface area contributed by atoms with Gasteiger partial charge in [-0.15, -0.1) is 0 Å². The molecule has 1 aliphatic carbocycles. The van der Waals surface area contributed by atoms with E-state index in [1.165, 1.54) is 0 Å². The monoisotopic (exact) mass is 312 g/mol. The molecule has 0 aliphatic heterocycles. The normalized spacial score (nSPS) is 16.5. The van der Waals surface area contributed by atoms with Crippen molar-refractivity contribution in [1.82, 2.24) is 16.0 Å². The summed E-state index contributed by atoms with van der Waals surface area (Å²) in [6, 6.07) is 0.385. The van der Waals surface area contributed by atoms with Crippen molar-refractivity contribution >= 4 is 11.9 Å². The first kappa shape index (κ1) is 18.7. The lowest BCUT2D eigenvalue weighted by Crippen LogP contribution is -2.40. The summed E-state index contributed by atoms with van der Waals surface area (Å²) in [6.45, 7) is 10.8. The van der Waals surface area contributed by atoms with E-state index >= 15 is 0 Å². The fourth-order valence-corrected chi connectivity index (χ4v) is 2.15. The number of carbonyl (C=O) groups is 1. The van der Waals surface area contributed by atoms with Gasteiger partial charge in [-0.3, -0.25) is 4.79 Å². The van der Waals surface area contributed by atoms with Crippen molar-refractivity contribution in [3.05, 3.63) is 0 Å². The lowest BCUT2D eigenvalue weighted by atomic mass is 10.0. The minimum atomic E-state index is -0.00548. The number of amides is 1. The second kappa shape index (κ2) is 10.4. The van der Waals surface area contributed by atoms with Crippen LogP contribution >= 0.6 is 0 Å². The Morgan fingerprint density at radius 2 is 2.00 bits per heavy atom. The molecule has 1 fully saturated rings. The van der Waals surface area contributed by atoms with Crippen LogP contribution in [-0.4, -0.2) is 50.3 Å². The number of guanidine groups is 1. The van der Waals surface area contributed by atoms with Crippen molar-refractivity contribution in [2.75, 3.05) is 26.2 Å². The van der Waals surface area contributed by atoms with Gasteiger partial charge in [0.25, 0.3) is 0 Å². The van der Waals surface area contributed by atoms with Crippen LogP contribution in [0.15, 0.2) is 4.99 Å². The second-order valence-electron chi connectivity index (χ2n) is 5.99. The molecular weight excluding hydrogens is 280 g/mol. The largest absolute Gasteiger partial charge is 0.378 e. The fraction of sp³-hybridized carbons (Fsp3) is 0.875. The molecule has 0 heterocycles. The zero-order chi connectivity index (χ0) is 16.4. The van der Waals surface area contributed by atoms with Gasteiger partial charge in [-0.25, -0.2) is 4.99 Å². The average Bonchev–Trinajstić information content (AvgIpc) is 3.27. The van der Waals surface area contributed by atoms with E-state index in [9.17, 15) is 4.79 Å². The van der Waals surface area contributed by atoms with Gasteiger partial charge in [0, 0.05) is 25.7 Å². The van der Waals surface area contributed by atoms with Gasteiger partial charge in [0.2, 0.25) is 5.91 Å². The lowest BCUT2D eigenvalue weighted by Gasteiger charge is -2.21. The number of nitrogens with one attached hydrogen (secondary N) is 3. The maximum absolute atomic E-state index is 11.7. The first-order valence-corrected chi connectivity index (χ1v) is 8.49. The molecule has 0 aromatic rings. The van der Waals surface area contributed by atoms with E-state index in [0.717, 1.165) is 39.0 Å². The zero-order valence-corrected chi connectivity index (χ0v) is 14.4. The lowest BCUT2D eigenvalue weighted by molar-refractivity contribution is -0.119. The molecule has 1 atom stereocenters. The summed E-state index contributed by atoms with van der Waals surface area (Å²) in [6.07, 6.45) is 3.37. The molecule has 6 nitrogen and oxygen atoms in total. The Kier molecular flexibility index (Phi) is 8.89. The van der Waals surface area contributed by atoms with E-state index in [1.54, 1.807) is 0 Å². The summed E-state index contributed by atoms with van der Waals surface area (Å²) in [7, 11) is 0. The predicted molar refractivity (Wildman–Crippen MR) is 90.0 cm³/mol. The number of aliphatic imine (C=N–C) groups is 1. The number of hydrogen-bond donors (Lipinski definition) is 3. The van der Waals surface area contributed by atoms with Gasteiger partial charge in [-0.1, -0.05) is 13.8 Å². The minimum Gasteiger partial charge on any atom is -0.378 e. The van der Waals surface area contributed by atoms with Crippen molar-refractivity contribution in [3.63, 3.8) is 0 Å². The van der Waals surface area contributed by atoms with Crippen LogP contribution in [0.5, 0.6) is 0 Å². The number of ether oxygens (including phenoxy) is 1. The molecular formula is C16H32N4O2. The van der Waals surface area contributed by atoms with Gasteiger partial charge in [-0.05, 0) is 39.0 Å². The quantitative estimate of drug-likeness (QED) is 0.419. The molecule has 1 aliphatic rings. The summed E-state index contributed by atoms with van der Waals surface area (Å²) in [5.74, 6) is 1.17. The molecule has 0 radical (unpaired) electrons. The highest BCUT2D eigenvalue weighted by Crippen LogP contribution is 2.18. The van der Waals surface area contributed by atoms with Crippen LogP contribution < -0.4 is 16.0 Å². The summed E-state index contributed by atoms with van der Waals surface area (Å²) >= 11 is 0. The molecule has 22 heavy (non-hydrogen) atoms. The molecule has 1 unspecified atom stereocenters. The first-order chi connectivity index (χ1) is 10.6. The Balaban J connectivity index is 2.33.